The number of anilines is 1. The molecular weight excluding hydrogens is 293 g/mol. The summed E-state index contributed by atoms with van der Waals surface area (Å²) in [6, 6.07) is 5.43. The maximum Gasteiger partial charge on any atom is 0.416 e. The monoisotopic (exact) mass is 310 g/mol. The summed E-state index contributed by atoms with van der Waals surface area (Å²) in [5, 5.41) is 9.93. The van der Waals surface area contributed by atoms with Crippen LogP contribution in [0, 0.1) is 5.92 Å². The van der Waals surface area contributed by atoms with E-state index in [0.717, 1.165) is 24.4 Å². The van der Waals surface area contributed by atoms with Crippen molar-refractivity contribution in [3.63, 3.8) is 0 Å². The first kappa shape index (κ1) is 15.1. The van der Waals surface area contributed by atoms with Gasteiger partial charge in [0.1, 0.15) is 0 Å². The van der Waals surface area contributed by atoms with Crippen molar-refractivity contribution in [3.8, 4) is 0 Å². The van der Waals surface area contributed by atoms with Gasteiger partial charge in [-0.05, 0) is 37.0 Å². The number of pyridine rings is 1. The summed E-state index contributed by atoms with van der Waals surface area (Å²) in [6.45, 7) is 1.30. The molecule has 0 spiro atoms. The molecule has 0 amide bonds. The minimum absolute atomic E-state index is 0.0111. The average molecular weight is 310 g/mol. The molecule has 0 unspecified atom stereocenters. The average Bonchev–Trinajstić information content (AvgIpc) is 3.29. The summed E-state index contributed by atoms with van der Waals surface area (Å²) in [5.41, 5.74) is 0.464. The highest BCUT2D eigenvalue weighted by Gasteiger charge is 2.31. The third-order valence-corrected chi connectivity index (χ3v) is 3.93. The molecule has 1 heterocycles. The molecule has 118 valence electrons. The summed E-state index contributed by atoms with van der Waals surface area (Å²) in [7, 11) is 0. The van der Waals surface area contributed by atoms with Crippen molar-refractivity contribution in [2.24, 2.45) is 5.92 Å². The molecule has 0 aliphatic heterocycles. The summed E-state index contributed by atoms with van der Waals surface area (Å²) < 4.78 is 38.4. The summed E-state index contributed by atoms with van der Waals surface area (Å²) in [4.78, 5) is 6.10. The molecule has 1 N–H and O–H groups in total. The lowest BCUT2D eigenvalue weighted by Gasteiger charge is -2.25. The molecule has 0 radical (unpaired) electrons. The lowest BCUT2D eigenvalue weighted by atomic mass is 10.1. The Morgan fingerprint density at radius 3 is 2.64 bits per heavy atom. The highest BCUT2D eigenvalue weighted by atomic mass is 19.4. The first-order valence-electron chi connectivity index (χ1n) is 7.31. The molecule has 1 aromatic carbocycles. The fourth-order valence-corrected chi connectivity index (χ4v) is 2.63. The Bertz CT molecular complexity index is 668. The minimum atomic E-state index is -4.37. The van der Waals surface area contributed by atoms with Crippen molar-refractivity contribution in [3.05, 3.63) is 36.0 Å². The van der Waals surface area contributed by atoms with Crippen LogP contribution in [0.3, 0.4) is 0 Å². The number of rotatable bonds is 5. The van der Waals surface area contributed by atoms with Gasteiger partial charge in [-0.25, -0.2) is 0 Å². The van der Waals surface area contributed by atoms with E-state index >= 15 is 0 Å². The number of aromatic nitrogens is 1. The van der Waals surface area contributed by atoms with E-state index in [4.69, 9.17) is 0 Å². The van der Waals surface area contributed by atoms with Crippen LogP contribution in [0.25, 0.3) is 10.9 Å². The van der Waals surface area contributed by atoms with Gasteiger partial charge in [-0.3, -0.25) is 4.98 Å². The molecule has 1 saturated carbocycles. The molecule has 3 nitrogen and oxygen atoms in total. The van der Waals surface area contributed by atoms with Gasteiger partial charge in [-0.2, -0.15) is 13.2 Å². The van der Waals surface area contributed by atoms with Crippen LogP contribution in [0.5, 0.6) is 0 Å². The summed E-state index contributed by atoms with van der Waals surface area (Å²) in [5.74, 6) is 0.615. The predicted octanol–water partition coefficient (Wildman–Crippen LogP) is 3.46. The van der Waals surface area contributed by atoms with E-state index in [9.17, 15) is 18.3 Å². The minimum Gasteiger partial charge on any atom is -0.395 e. The quantitative estimate of drug-likeness (QED) is 0.919. The molecule has 1 aliphatic rings. The van der Waals surface area contributed by atoms with E-state index in [1.54, 1.807) is 6.07 Å². The second-order valence-electron chi connectivity index (χ2n) is 5.67. The molecule has 0 atom stereocenters. The number of hydrogen-bond acceptors (Lipinski definition) is 3. The van der Waals surface area contributed by atoms with E-state index in [0.29, 0.717) is 23.4 Å². The molecule has 1 aromatic heterocycles. The second-order valence-corrected chi connectivity index (χ2v) is 5.67. The van der Waals surface area contributed by atoms with Crippen LogP contribution < -0.4 is 4.90 Å². The Balaban J connectivity index is 2.01. The topological polar surface area (TPSA) is 36.4 Å². The lowest BCUT2D eigenvalue weighted by Crippen LogP contribution is -2.29. The van der Waals surface area contributed by atoms with E-state index in [1.165, 1.54) is 25.1 Å². The highest BCUT2D eigenvalue weighted by molar-refractivity contribution is 5.92. The predicted molar refractivity (Wildman–Crippen MR) is 78.8 cm³/mol. The summed E-state index contributed by atoms with van der Waals surface area (Å²) in [6.07, 6.45) is -0.508. The van der Waals surface area contributed by atoms with Gasteiger partial charge in [-0.15, -0.1) is 0 Å². The van der Waals surface area contributed by atoms with Gasteiger partial charge in [-0.1, -0.05) is 6.07 Å². The van der Waals surface area contributed by atoms with Crippen molar-refractivity contribution in [2.75, 3.05) is 24.6 Å². The van der Waals surface area contributed by atoms with Gasteiger partial charge in [0.25, 0.3) is 0 Å². The maximum absolute atomic E-state index is 12.8. The van der Waals surface area contributed by atoms with Crippen LogP contribution in [-0.2, 0) is 6.18 Å². The Kier molecular flexibility index (Phi) is 3.95. The van der Waals surface area contributed by atoms with Gasteiger partial charge in [0.2, 0.25) is 0 Å². The van der Waals surface area contributed by atoms with Crippen molar-refractivity contribution >= 4 is 16.6 Å². The third kappa shape index (κ3) is 3.16. The van der Waals surface area contributed by atoms with E-state index in [2.05, 4.69) is 4.98 Å². The van der Waals surface area contributed by atoms with Gasteiger partial charge >= 0.3 is 6.18 Å². The molecule has 1 aliphatic carbocycles. The Hall–Kier alpha value is -1.82. The first-order chi connectivity index (χ1) is 10.5. The molecule has 6 heteroatoms. The largest absolute Gasteiger partial charge is 0.416 e. The lowest BCUT2D eigenvalue weighted by molar-refractivity contribution is -0.137. The Labute approximate surface area is 126 Å². The zero-order valence-electron chi connectivity index (χ0n) is 12.0. The SMILES string of the molecule is OCCN(CC1CC1)c1ccnc2cc(C(F)(F)F)ccc12. The first-order valence-corrected chi connectivity index (χ1v) is 7.31. The number of halogens is 3. The fraction of sp³-hybridized carbons (Fsp3) is 0.438. The van der Waals surface area contributed by atoms with Gasteiger partial charge < -0.3 is 10.0 Å². The zero-order chi connectivity index (χ0) is 15.7. The van der Waals surface area contributed by atoms with Crippen LogP contribution >= 0.6 is 0 Å². The number of benzene rings is 1. The Morgan fingerprint density at radius 2 is 2.00 bits per heavy atom. The molecule has 3 rings (SSSR count). The van der Waals surface area contributed by atoms with Crippen LogP contribution in [0.4, 0.5) is 18.9 Å². The molecule has 22 heavy (non-hydrogen) atoms. The number of aliphatic hydroxyl groups excluding tert-OH is 1. The Morgan fingerprint density at radius 1 is 1.23 bits per heavy atom. The summed E-state index contributed by atoms with van der Waals surface area (Å²) >= 11 is 0. The zero-order valence-corrected chi connectivity index (χ0v) is 12.0. The number of aliphatic hydroxyl groups is 1. The van der Waals surface area contributed by atoms with Crippen molar-refractivity contribution < 1.29 is 18.3 Å². The van der Waals surface area contributed by atoms with Crippen molar-refractivity contribution in [1.29, 1.82) is 0 Å². The number of hydrogen-bond donors (Lipinski definition) is 1. The van der Waals surface area contributed by atoms with Gasteiger partial charge in [0.15, 0.2) is 0 Å². The third-order valence-electron chi connectivity index (χ3n) is 3.93. The fourth-order valence-electron chi connectivity index (χ4n) is 2.63. The van der Waals surface area contributed by atoms with Crippen LogP contribution in [0.1, 0.15) is 18.4 Å². The standard InChI is InChI=1S/C16H17F3N2O/c17-16(18,19)12-3-4-13-14(9-12)20-6-5-15(13)21(7-8-22)10-11-1-2-11/h3-6,9,11,22H,1-2,7-8,10H2. The van der Waals surface area contributed by atoms with Crippen LogP contribution in [0.15, 0.2) is 30.5 Å². The van der Waals surface area contributed by atoms with E-state index < -0.39 is 11.7 Å². The number of alkyl halides is 3. The van der Waals surface area contributed by atoms with Crippen LogP contribution in [0.2, 0.25) is 0 Å². The number of nitrogens with zero attached hydrogens (tertiary/aromatic N) is 2. The molecule has 0 bridgehead atoms. The van der Waals surface area contributed by atoms with E-state index in [1.807, 2.05) is 4.90 Å². The molecular formula is C16H17F3N2O. The van der Waals surface area contributed by atoms with Gasteiger partial charge in [0.05, 0.1) is 17.7 Å². The van der Waals surface area contributed by atoms with Crippen molar-refractivity contribution in [2.45, 2.75) is 19.0 Å². The molecule has 0 saturated heterocycles. The molecule has 2 aromatic rings. The highest BCUT2D eigenvalue weighted by Crippen LogP contribution is 2.35. The second kappa shape index (κ2) is 5.76. The van der Waals surface area contributed by atoms with Crippen LogP contribution in [-0.4, -0.2) is 29.8 Å². The number of fused-ring (bicyclic) bond motifs is 1. The molecule has 1 fully saturated rings. The van der Waals surface area contributed by atoms with Gasteiger partial charge in [0, 0.05) is 30.4 Å². The maximum atomic E-state index is 12.8. The van der Waals surface area contributed by atoms with E-state index in [-0.39, 0.29) is 6.61 Å². The normalized spacial score (nSPS) is 15.3. The smallest absolute Gasteiger partial charge is 0.395 e. The van der Waals surface area contributed by atoms with Crippen molar-refractivity contribution in [1.82, 2.24) is 4.98 Å².